The van der Waals surface area contributed by atoms with E-state index in [1.54, 1.807) is 11.3 Å². The van der Waals surface area contributed by atoms with Gasteiger partial charge in [0, 0.05) is 6.04 Å². The molecule has 1 aliphatic rings. The second kappa shape index (κ2) is 4.64. The lowest BCUT2D eigenvalue weighted by Gasteiger charge is -2.36. The second-order valence-corrected chi connectivity index (χ2v) is 5.16. The number of hydrogen-bond donors (Lipinski definition) is 2. The van der Waals surface area contributed by atoms with E-state index in [1.807, 2.05) is 5.38 Å². The first-order chi connectivity index (χ1) is 7.24. The Labute approximate surface area is 95.3 Å². The van der Waals surface area contributed by atoms with Gasteiger partial charge in [-0.25, -0.2) is 0 Å². The van der Waals surface area contributed by atoms with Gasteiger partial charge in [-0.2, -0.15) is 11.3 Å². The fourth-order valence-corrected chi connectivity index (χ4v) is 3.15. The minimum atomic E-state index is -0.550. The molecule has 0 saturated heterocycles. The first kappa shape index (κ1) is 11.1. The molecule has 1 saturated carbocycles. The van der Waals surface area contributed by atoms with E-state index in [9.17, 15) is 5.11 Å². The summed E-state index contributed by atoms with van der Waals surface area (Å²) in [5.41, 5.74) is 0.564. The van der Waals surface area contributed by atoms with Crippen molar-refractivity contribution in [2.45, 2.75) is 44.2 Å². The summed E-state index contributed by atoms with van der Waals surface area (Å²) in [6.07, 6.45) is 3.95. The van der Waals surface area contributed by atoms with Crippen molar-refractivity contribution in [3.63, 3.8) is 0 Å². The Morgan fingerprint density at radius 2 is 2.27 bits per heavy atom. The summed E-state index contributed by atoms with van der Waals surface area (Å²) in [5.74, 6) is 0. The number of thiophene rings is 1. The Morgan fingerprint density at radius 3 is 2.80 bits per heavy atom. The molecule has 1 heterocycles. The fourth-order valence-electron chi connectivity index (χ4n) is 2.41. The summed E-state index contributed by atoms with van der Waals surface area (Å²) >= 11 is 1.67. The van der Waals surface area contributed by atoms with Crippen molar-refractivity contribution in [2.24, 2.45) is 0 Å². The summed E-state index contributed by atoms with van der Waals surface area (Å²) in [7, 11) is 0. The molecular weight excluding hydrogens is 206 g/mol. The number of nitrogens with one attached hydrogen (secondary N) is 1. The first-order valence-electron chi connectivity index (χ1n) is 5.73. The molecule has 1 fully saturated rings. The van der Waals surface area contributed by atoms with Crippen LogP contribution in [0.2, 0.25) is 0 Å². The third-order valence-corrected chi connectivity index (χ3v) is 4.05. The van der Waals surface area contributed by atoms with Crippen LogP contribution < -0.4 is 5.32 Å². The van der Waals surface area contributed by atoms with Crippen molar-refractivity contribution in [1.29, 1.82) is 0 Å². The van der Waals surface area contributed by atoms with Gasteiger partial charge in [-0.1, -0.05) is 6.92 Å². The van der Waals surface area contributed by atoms with E-state index in [4.69, 9.17) is 0 Å². The van der Waals surface area contributed by atoms with Gasteiger partial charge >= 0.3 is 0 Å². The van der Waals surface area contributed by atoms with Crippen LogP contribution in [0.4, 0.5) is 0 Å². The van der Waals surface area contributed by atoms with Crippen LogP contribution in [0.5, 0.6) is 0 Å². The van der Waals surface area contributed by atoms with Crippen LogP contribution in [0.25, 0.3) is 0 Å². The Balaban J connectivity index is 1.97. The smallest absolute Gasteiger partial charge is 0.0905 e. The van der Waals surface area contributed by atoms with Crippen LogP contribution in [0.1, 0.15) is 38.2 Å². The average Bonchev–Trinajstić information content (AvgIpc) is 2.76. The molecular formula is C12H19NOS. The van der Waals surface area contributed by atoms with Gasteiger partial charge in [-0.05, 0) is 54.6 Å². The summed E-state index contributed by atoms with van der Waals surface area (Å²) in [5, 5.41) is 18.1. The minimum absolute atomic E-state index is 0.550. The quantitative estimate of drug-likeness (QED) is 0.828. The molecule has 2 rings (SSSR count). The molecule has 0 amide bonds. The maximum atomic E-state index is 10.5. The highest BCUT2D eigenvalue weighted by molar-refractivity contribution is 7.08. The van der Waals surface area contributed by atoms with E-state index in [0.29, 0.717) is 6.04 Å². The molecule has 0 aromatic carbocycles. The summed E-state index contributed by atoms with van der Waals surface area (Å²) in [6, 6.07) is 2.66. The molecule has 84 valence electrons. The zero-order valence-corrected chi connectivity index (χ0v) is 10.0. The van der Waals surface area contributed by atoms with Crippen molar-refractivity contribution in [3.05, 3.63) is 22.4 Å². The number of rotatable bonds is 3. The van der Waals surface area contributed by atoms with E-state index in [0.717, 1.165) is 37.8 Å². The van der Waals surface area contributed by atoms with Gasteiger partial charge in [-0.3, -0.25) is 0 Å². The maximum Gasteiger partial charge on any atom is 0.0905 e. The Morgan fingerprint density at radius 1 is 1.53 bits per heavy atom. The topological polar surface area (TPSA) is 32.3 Å². The van der Waals surface area contributed by atoms with Gasteiger partial charge in [0.05, 0.1) is 5.60 Å². The molecule has 0 unspecified atom stereocenters. The lowest BCUT2D eigenvalue weighted by Crippen LogP contribution is -2.39. The molecule has 0 radical (unpaired) electrons. The van der Waals surface area contributed by atoms with Gasteiger partial charge in [0.15, 0.2) is 0 Å². The summed E-state index contributed by atoms with van der Waals surface area (Å²) in [6.45, 7) is 3.17. The summed E-state index contributed by atoms with van der Waals surface area (Å²) < 4.78 is 0. The molecule has 0 aliphatic heterocycles. The molecule has 0 spiro atoms. The van der Waals surface area contributed by atoms with Crippen molar-refractivity contribution in [3.8, 4) is 0 Å². The fraction of sp³-hybridized carbons (Fsp3) is 0.667. The third kappa shape index (κ3) is 2.41. The molecule has 2 nitrogen and oxygen atoms in total. The van der Waals surface area contributed by atoms with Crippen molar-refractivity contribution >= 4 is 11.3 Å². The molecule has 1 aromatic heterocycles. The Kier molecular flexibility index (Phi) is 3.44. The second-order valence-electron chi connectivity index (χ2n) is 4.38. The largest absolute Gasteiger partial charge is 0.385 e. The molecule has 0 atom stereocenters. The highest BCUT2D eigenvalue weighted by atomic mass is 32.1. The van der Waals surface area contributed by atoms with Crippen molar-refractivity contribution < 1.29 is 5.11 Å². The molecule has 1 aromatic rings. The van der Waals surface area contributed by atoms with E-state index in [1.165, 1.54) is 0 Å². The standard InChI is InChI=1S/C12H19NOS/c1-2-13-11-3-6-12(14,7-4-11)10-5-8-15-9-10/h5,8-9,11,13-14H,2-4,6-7H2,1H3. The van der Waals surface area contributed by atoms with Crippen molar-refractivity contribution in [2.75, 3.05) is 6.54 Å². The highest BCUT2D eigenvalue weighted by Crippen LogP contribution is 2.37. The molecule has 2 N–H and O–H groups in total. The first-order valence-corrected chi connectivity index (χ1v) is 6.67. The third-order valence-electron chi connectivity index (χ3n) is 3.36. The van der Waals surface area contributed by atoms with E-state index in [2.05, 4.69) is 23.7 Å². The van der Waals surface area contributed by atoms with Crippen LogP contribution >= 0.6 is 11.3 Å². The normalized spacial score (nSPS) is 31.7. The van der Waals surface area contributed by atoms with Crippen LogP contribution in [0, 0.1) is 0 Å². The zero-order chi connectivity index (χ0) is 10.7. The lowest BCUT2D eigenvalue weighted by atomic mass is 9.79. The predicted molar refractivity (Wildman–Crippen MR) is 64.1 cm³/mol. The predicted octanol–water partition coefficient (Wildman–Crippen LogP) is 2.49. The van der Waals surface area contributed by atoms with Crippen LogP contribution in [0.3, 0.4) is 0 Å². The Bertz CT molecular complexity index is 289. The summed E-state index contributed by atoms with van der Waals surface area (Å²) in [4.78, 5) is 0. The van der Waals surface area contributed by atoms with E-state index >= 15 is 0 Å². The lowest BCUT2D eigenvalue weighted by molar-refractivity contribution is -0.00777. The molecule has 1 aliphatic carbocycles. The monoisotopic (exact) mass is 225 g/mol. The van der Waals surface area contributed by atoms with E-state index < -0.39 is 5.60 Å². The minimum Gasteiger partial charge on any atom is -0.385 e. The van der Waals surface area contributed by atoms with Crippen LogP contribution in [0.15, 0.2) is 16.8 Å². The maximum absolute atomic E-state index is 10.5. The number of hydrogen-bond acceptors (Lipinski definition) is 3. The zero-order valence-electron chi connectivity index (χ0n) is 9.20. The molecule has 0 bridgehead atoms. The number of aliphatic hydroxyl groups is 1. The van der Waals surface area contributed by atoms with E-state index in [-0.39, 0.29) is 0 Å². The molecule has 3 heteroatoms. The van der Waals surface area contributed by atoms with Gasteiger partial charge in [0.25, 0.3) is 0 Å². The van der Waals surface area contributed by atoms with Crippen LogP contribution in [-0.4, -0.2) is 17.7 Å². The Hall–Kier alpha value is -0.380. The SMILES string of the molecule is CCNC1CCC(O)(c2ccsc2)CC1. The van der Waals surface area contributed by atoms with Crippen LogP contribution in [-0.2, 0) is 5.60 Å². The van der Waals surface area contributed by atoms with Gasteiger partial charge in [0.1, 0.15) is 0 Å². The average molecular weight is 225 g/mol. The van der Waals surface area contributed by atoms with Gasteiger partial charge in [-0.15, -0.1) is 0 Å². The van der Waals surface area contributed by atoms with Gasteiger partial charge in [0.2, 0.25) is 0 Å². The molecule has 15 heavy (non-hydrogen) atoms. The van der Waals surface area contributed by atoms with Crippen molar-refractivity contribution in [1.82, 2.24) is 5.32 Å². The highest BCUT2D eigenvalue weighted by Gasteiger charge is 2.34. The van der Waals surface area contributed by atoms with Gasteiger partial charge < -0.3 is 10.4 Å².